The van der Waals surface area contributed by atoms with E-state index in [1.54, 1.807) is 30.3 Å². The van der Waals surface area contributed by atoms with Gasteiger partial charge in [0.1, 0.15) is 0 Å². The lowest BCUT2D eigenvalue weighted by Crippen LogP contribution is -2.13. The predicted octanol–water partition coefficient (Wildman–Crippen LogP) is 4.86. The smallest absolute Gasteiger partial charge is 0.261 e. The van der Waals surface area contributed by atoms with Crippen molar-refractivity contribution >= 4 is 43.2 Å². The van der Waals surface area contributed by atoms with E-state index in [0.717, 1.165) is 18.4 Å². The minimum atomic E-state index is -3.62. The molecule has 0 aliphatic rings. The molecule has 6 heteroatoms. The van der Waals surface area contributed by atoms with E-state index in [-0.39, 0.29) is 4.90 Å². The number of anilines is 1. The van der Waals surface area contributed by atoms with Gasteiger partial charge < -0.3 is 0 Å². The van der Waals surface area contributed by atoms with Crippen LogP contribution in [0.4, 0.5) is 5.69 Å². The van der Waals surface area contributed by atoms with Gasteiger partial charge in [-0.2, -0.15) is 0 Å². The van der Waals surface area contributed by atoms with Crippen LogP contribution in [0.15, 0.2) is 51.8 Å². The molecule has 0 aliphatic carbocycles. The van der Waals surface area contributed by atoms with Crippen LogP contribution in [0.5, 0.6) is 0 Å². The van der Waals surface area contributed by atoms with Crippen molar-refractivity contribution in [3.63, 3.8) is 0 Å². The minimum Gasteiger partial charge on any atom is -0.278 e. The Morgan fingerprint density at radius 3 is 2.43 bits per heavy atom. The average molecular weight is 389 g/mol. The average Bonchev–Trinajstić information content (AvgIpc) is 2.44. The van der Waals surface area contributed by atoms with Crippen molar-refractivity contribution in [3.05, 3.63) is 57.5 Å². The number of hydrogen-bond donors (Lipinski definition) is 1. The summed E-state index contributed by atoms with van der Waals surface area (Å²) in [5, 5.41) is 0.467. The summed E-state index contributed by atoms with van der Waals surface area (Å²) in [5.74, 6) is 0. The molecule has 0 bridgehead atoms. The fraction of sp³-hybridized carbons (Fsp3) is 0.200. The van der Waals surface area contributed by atoms with Crippen LogP contribution in [0.25, 0.3) is 0 Å². The van der Waals surface area contributed by atoms with Gasteiger partial charge in [0.25, 0.3) is 10.0 Å². The van der Waals surface area contributed by atoms with E-state index in [1.807, 2.05) is 12.1 Å². The first-order valence-corrected chi connectivity index (χ1v) is 9.14. The quantitative estimate of drug-likeness (QED) is 0.795. The predicted molar refractivity (Wildman–Crippen MR) is 90.4 cm³/mol. The van der Waals surface area contributed by atoms with Gasteiger partial charge in [-0.05, 0) is 58.2 Å². The maximum Gasteiger partial charge on any atom is 0.261 e. The number of hydrogen-bond acceptors (Lipinski definition) is 2. The molecule has 0 amide bonds. The Labute approximate surface area is 138 Å². The van der Waals surface area contributed by atoms with E-state index >= 15 is 0 Å². The Balaban J connectivity index is 2.27. The maximum atomic E-state index is 12.4. The molecule has 0 aromatic heterocycles. The summed E-state index contributed by atoms with van der Waals surface area (Å²) in [4.78, 5) is 0.231. The van der Waals surface area contributed by atoms with Crippen molar-refractivity contribution in [2.75, 3.05) is 4.72 Å². The molecule has 1 N–H and O–H groups in total. The lowest BCUT2D eigenvalue weighted by atomic mass is 10.1. The summed E-state index contributed by atoms with van der Waals surface area (Å²) in [6, 6.07) is 11.9. The number of sulfonamides is 1. The monoisotopic (exact) mass is 387 g/mol. The summed E-state index contributed by atoms with van der Waals surface area (Å²) < 4.78 is 27.9. The fourth-order valence-corrected chi connectivity index (χ4v) is 3.62. The van der Waals surface area contributed by atoms with Crippen LogP contribution in [-0.4, -0.2) is 8.42 Å². The van der Waals surface area contributed by atoms with Crippen LogP contribution < -0.4 is 4.72 Å². The zero-order chi connectivity index (χ0) is 15.5. The van der Waals surface area contributed by atoms with Crippen LogP contribution in [-0.2, 0) is 16.4 Å². The Morgan fingerprint density at radius 1 is 1.14 bits per heavy atom. The number of nitrogens with one attached hydrogen (secondary N) is 1. The molecule has 0 radical (unpaired) electrons. The van der Waals surface area contributed by atoms with Gasteiger partial charge in [-0.1, -0.05) is 37.1 Å². The molecule has 21 heavy (non-hydrogen) atoms. The highest BCUT2D eigenvalue weighted by molar-refractivity contribution is 9.10. The van der Waals surface area contributed by atoms with Gasteiger partial charge in [0, 0.05) is 9.50 Å². The van der Waals surface area contributed by atoms with Crippen molar-refractivity contribution in [1.82, 2.24) is 0 Å². The molecule has 0 unspecified atom stereocenters. The largest absolute Gasteiger partial charge is 0.278 e. The zero-order valence-corrected chi connectivity index (χ0v) is 14.6. The van der Waals surface area contributed by atoms with E-state index in [9.17, 15) is 8.42 Å². The first kappa shape index (κ1) is 16.3. The molecule has 3 nitrogen and oxygen atoms in total. The van der Waals surface area contributed by atoms with E-state index in [2.05, 4.69) is 27.6 Å². The number of benzene rings is 2. The van der Waals surface area contributed by atoms with E-state index < -0.39 is 10.0 Å². The highest BCUT2D eigenvalue weighted by atomic mass is 79.9. The third-order valence-corrected chi connectivity index (χ3v) is 5.25. The third-order valence-electron chi connectivity index (χ3n) is 2.95. The second-order valence-electron chi connectivity index (χ2n) is 4.62. The molecule has 2 aromatic carbocycles. The first-order valence-electron chi connectivity index (χ1n) is 6.49. The lowest BCUT2D eigenvalue weighted by Gasteiger charge is -2.10. The van der Waals surface area contributed by atoms with Gasteiger partial charge >= 0.3 is 0 Å². The molecule has 0 fully saturated rings. The second-order valence-corrected chi connectivity index (χ2v) is 7.60. The third kappa shape index (κ3) is 4.22. The summed E-state index contributed by atoms with van der Waals surface area (Å²) >= 11 is 9.19. The molecule has 0 saturated carbocycles. The summed E-state index contributed by atoms with van der Waals surface area (Å²) in [5.41, 5.74) is 1.54. The Hall–Kier alpha value is -1.04. The van der Waals surface area contributed by atoms with Gasteiger partial charge in [0.05, 0.1) is 10.6 Å². The zero-order valence-electron chi connectivity index (χ0n) is 11.4. The molecule has 0 heterocycles. The highest BCUT2D eigenvalue weighted by Gasteiger charge is 2.15. The Morgan fingerprint density at radius 2 is 1.81 bits per heavy atom. The van der Waals surface area contributed by atoms with Gasteiger partial charge in [-0.25, -0.2) is 8.42 Å². The molecular weight excluding hydrogens is 374 g/mol. The van der Waals surface area contributed by atoms with Gasteiger partial charge in [-0.15, -0.1) is 0 Å². The molecule has 0 spiro atoms. The number of halogens is 2. The molecule has 112 valence electrons. The molecule has 0 saturated heterocycles. The van der Waals surface area contributed by atoms with Crippen LogP contribution in [0.2, 0.25) is 5.02 Å². The van der Waals surface area contributed by atoms with Crippen molar-refractivity contribution in [3.8, 4) is 0 Å². The van der Waals surface area contributed by atoms with Gasteiger partial charge in [0.2, 0.25) is 0 Å². The second kappa shape index (κ2) is 6.81. The molecule has 2 rings (SSSR count). The summed E-state index contributed by atoms with van der Waals surface area (Å²) in [6.07, 6.45) is 1.97. The molecule has 0 atom stereocenters. The van der Waals surface area contributed by atoms with Crippen LogP contribution in [0.1, 0.15) is 18.9 Å². The van der Waals surface area contributed by atoms with E-state index in [1.165, 1.54) is 0 Å². The molecular formula is C15H15BrClNO2S. The SMILES string of the molecule is CCCc1ccc(S(=O)(=O)Nc2cc(Cl)ccc2Br)cc1. The summed E-state index contributed by atoms with van der Waals surface area (Å²) in [7, 11) is -3.62. The molecule has 0 aliphatic heterocycles. The Bertz CT molecular complexity index is 730. The van der Waals surface area contributed by atoms with Gasteiger partial charge in [-0.3, -0.25) is 4.72 Å². The summed E-state index contributed by atoms with van der Waals surface area (Å²) in [6.45, 7) is 2.09. The molecule has 2 aromatic rings. The lowest BCUT2D eigenvalue weighted by molar-refractivity contribution is 0.601. The van der Waals surface area contributed by atoms with E-state index in [4.69, 9.17) is 11.6 Å². The number of rotatable bonds is 5. The van der Waals surface area contributed by atoms with E-state index in [0.29, 0.717) is 15.2 Å². The van der Waals surface area contributed by atoms with Gasteiger partial charge in [0.15, 0.2) is 0 Å². The van der Waals surface area contributed by atoms with Crippen molar-refractivity contribution in [2.45, 2.75) is 24.7 Å². The van der Waals surface area contributed by atoms with Crippen molar-refractivity contribution in [2.24, 2.45) is 0 Å². The fourth-order valence-electron chi connectivity index (χ4n) is 1.90. The normalized spacial score (nSPS) is 11.4. The van der Waals surface area contributed by atoms with Crippen LogP contribution in [0.3, 0.4) is 0 Å². The van der Waals surface area contributed by atoms with Crippen molar-refractivity contribution in [1.29, 1.82) is 0 Å². The minimum absolute atomic E-state index is 0.231. The van der Waals surface area contributed by atoms with Crippen LogP contribution >= 0.6 is 27.5 Å². The van der Waals surface area contributed by atoms with Crippen LogP contribution in [0, 0.1) is 0 Å². The topological polar surface area (TPSA) is 46.2 Å². The Kier molecular flexibility index (Phi) is 5.30. The number of aryl methyl sites for hydroxylation is 1. The highest BCUT2D eigenvalue weighted by Crippen LogP contribution is 2.28. The maximum absolute atomic E-state index is 12.4. The van der Waals surface area contributed by atoms with Crippen molar-refractivity contribution < 1.29 is 8.42 Å². The first-order chi connectivity index (χ1) is 9.92. The standard InChI is InChI=1S/C15H15BrClNO2S/c1-2-3-11-4-7-13(8-5-11)21(19,20)18-15-10-12(17)6-9-14(15)16/h4-10,18H,2-3H2,1H3.